The van der Waals surface area contributed by atoms with Crippen LogP contribution in [0.2, 0.25) is 0 Å². The maximum atomic E-state index is 11.5. The van der Waals surface area contributed by atoms with Crippen molar-refractivity contribution in [3.8, 4) is 0 Å². The van der Waals surface area contributed by atoms with E-state index in [4.69, 9.17) is 5.11 Å². The first-order chi connectivity index (χ1) is 9.61. The van der Waals surface area contributed by atoms with Crippen molar-refractivity contribution in [1.82, 2.24) is 25.6 Å². The SMILES string of the molecule is CCC(CNC(=O)NCCCn1ccnn1)CC(=O)O. The second-order valence-electron chi connectivity index (χ2n) is 4.53. The van der Waals surface area contributed by atoms with Crippen molar-refractivity contribution in [1.29, 1.82) is 0 Å². The number of hydrogen-bond acceptors (Lipinski definition) is 4. The summed E-state index contributed by atoms with van der Waals surface area (Å²) in [5, 5.41) is 21.6. The monoisotopic (exact) mass is 283 g/mol. The van der Waals surface area contributed by atoms with Crippen LogP contribution in [0.3, 0.4) is 0 Å². The van der Waals surface area contributed by atoms with Crippen LogP contribution in [0, 0.1) is 5.92 Å². The van der Waals surface area contributed by atoms with E-state index in [-0.39, 0.29) is 18.4 Å². The second kappa shape index (κ2) is 8.89. The number of aryl methyl sites for hydroxylation is 1. The van der Waals surface area contributed by atoms with Crippen molar-refractivity contribution < 1.29 is 14.7 Å². The average Bonchev–Trinajstić information content (AvgIpc) is 2.92. The van der Waals surface area contributed by atoms with Gasteiger partial charge in [-0.25, -0.2) is 4.79 Å². The van der Waals surface area contributed by atoms with Crippen molar-refractivity contribution in [3.63, 3.8) is 0 Å². The van der Waals surface area contributed by atoms with E-state index < -0.39 is 5.97 Å². The van der Waals surface area contributed by atoms with E-state index in [1.165, 1.54) is 0 Å². The van der Waals surface area contributed by atoms with Crippen molar-refractivity contribution in [2.75, 3.05) is 13.1 Å². The minimum atomic E-state index is -0.841. The standard InChI is InChI=1S/C12H21N5O3/c1-2-10(8-11(18)19)9-14-12(20)13-4-3-6-17-7-5-15-16-17/h5,7,10H,2-4,6,8-9H2,1H3,(H,18,19)(H2,13,14,20). The molecular formula is C12H21N5O3. The molecule has 0 fully saturated rings. The molecule has 112 valence electrons. The normalized spacial score (nSPS) is 11.8. The van der Waals surface area contributed by atoms with E-state index >= 15 is 0 Å². The van der Waals surface area contributed by atoms with Gasteiger partial charge >= 0.3 is 12.0 Å². The Morgan fingerprint density at radius 1 is 1.40 bits per heavy atom. The van der Waals surface area contributed by atoms with Gasteiger partial charge in [-0.3, -0.25) is 9.48 Å². The molecule has 0 bridgehead atoms. The summed E-state index contributed by atoms with van der Waals surface area (Å²) in [6.45, 7) is 3.50. The molecule has 3 N–H and O–H groups in total. The van der Waals surface area contributed by atoms with Gasteiger partial charge in [0, 0.05) is 32.3 Å². The molecule has 1 heterocycles. The number of aliphatic carboxylic acids is 1. The maximum Gasteiger partial charge on any atom is 0.314 e. The summed E-state index contributed by atoms with van der Waals surface area (Å²) in [4.78, 5) is 22.1. The molecule has 1 unspecified atom stereocenters. The van der Waals surface area contributed by atoms with E-state index in [2.05, 4.69) is 20.9 Å². The first kappa shape index (κ1) is 15.9. The van der Waals surface area contributed by atoms with Gasteiger partial charge in [-0.1, -0.05) is 18.6 Å². The van der Waals surface area contributed by atoms with Gasteiger partial charge in [-0.2, -0.15) is 0 Å². The van der Waals surface area contributed by atoms with Crippen LogP contribution in [0.15, 0.2) is 12.4 Å². The summed E-state index contributed by atoms with van der Waals surface area (Å²) in [6, 6.07) is -0.271. The van der Waals surface area contributed by atoms with Crippen LogP contribution >= 0.6 is 0 Å². The molecule has 0 radical (unpaired) electrons. The fraction of sp³-hybridized carbons (Fsp3) is 0.667. The van der Waals surface area contributed by atoms with Gasteiger partial charge in [-0.05, 0) is 12.3 Å². The minimum absolute atomic E-state index is 0.0339. The molecule has 0 aliphatic rings. The smallest absolute Gasteiger partial charge is 0.314 e. The van der Waals surface area contributed by atoms with E-state index in [9.17, 15) is 9.59 Å². The topological polar surface area (TPSA) is 109 Å². The van der Waals surface area contributed by atoms with Crippen LogP contribution in [-0.4, -0.2) is 45.2 Å². The first-order valence-corrected chi connectivity index (χ1v) is 6.69. The molecule has 0 saturated carbocycles. The Morgan fingerprint density at radius 2 is 2.20 bits per heavy atom. The van der Waals surface area contributed by atoms with Gasteiger partial charge in [0.15, 0.2) is 0 Å². The van der Waals surface area contributed by atoms with Crippen molar-refractivity contribution in [3.05, 3.63) is 12.4 Å². The summed E-state index contributed by atoms with van der Waals surface area (Å²) < 4.78 is 1.69. The maximum absolute atomic E-state index is 11.5. The molecule has 20 heavy (non-hydrogen) atoms. The minimum Gasteiger partial charge on any atom is -0.481 e. The molecule has 1 atom stereocenters. The summed E-state index contributed by atoms with van der Waals surface area (Å²) >= 11 is 0. The highest BCUT2D eigenvalue weighted by molar-refractivity contribution is 5.74. The third-order valence-corrected chi connectivity index (χ3v) is 2.91. The van der Waals surface area contributed by atoms with Crippen molar-refractivity contribution >= 4 is 12.0 Å². The fourth-order valence-corrected chi connectivity index (χ4v) is 1.70. The van der Waals surface area contributed by atoms with Gasteiger partial charge in [-0.15, -0.1) is 5.10 Å². The predicted molar refractivity (Wildman–Crippen MR) is 72.1 cm³/mol. The lowest BCUT2D eigenvalue weighted by Gasteiger charge is -2.14. The molecule has 1 rings (SSSR count). The Balaban J connectivity index is 2.08. The number of amides is 2. The lowest BCUT2D eigenvalue weighted by atomic mass is 10.0. The molecule has 0 aliphatic heterocycles. The molecule has 0 saturated heterocycles. The first-order valence-electron chi connectivity index (χ1n) is 6.69. The molecule has 2 amide bonds. The van der Waals surface area contributed by atoms with Crippen LogP contribution in [0.4, 0.5) is 4.79 Å². The zero-order valence-electron chi connectivity index (χ0n) is 11.6. The number of rotatable bonds is 9. The largest absolute Gasteiger partial charge is 0.481 e. The molecule has 0 spiro atoms. The molecule has 1 aromatic heterocycles. The fourth-order valence-electron chi connectivity index (χ4n) is 1.70. The number of carboxylic acids is 1. The Hall–Kier alpha value is -2.12. The van der Waals surface area contributed by atoms with Crippen molar-refractivity contribution in [2.45, 2.75) is 32.7 Å². The molecule has 0 aliphatic carbocycles. The van der Waals surface area contributed by atoms with E-state index in [0.717, 1.165) is 12.8 Å². The number of hydrogen-bond donors (Lipinski definition) is 3. The Kier molecular flexibility index (Phi) is 7.08. The van der Waals surface area contributed by atoms with Crippen LogP contribution in [0.5, 0.6) is 0 Å². The summed E-state index contributed by atoms with van der Waals surface area (Å²) in [7, 11) is 0. The molecule has 8 nitrogen and oxygen atoms in total. The van der Waals surface area contributed by atoms with E-state index in [1.54, 1.807) is 17.1 Å². The zero-order valence-corrected chi connectivity index (χ0v) is 11.6. The van der Waals surface area contributed by atoms with Crippen molar-refractivity contribution in [2.24, 2.45) is 5.92 Å². The van der Waals surface area contributed by atoms with Gasteiger partial charge < -0.3 is 15.7 Å². The van der Waals surface area contributed by atoms with Crippen LogP contribution in [0.25, 0.3) is 0 Å². The summed E-state index contributed by atoms with van der Waals surface area (Å²) in [5.41, 5.74) is 0. The summed E-state index contributed by atoms with van der Waals surface area (Å²) in [6.07, 6.45) is 4.91. The van der Waals surface area contributed by atoms with Gasteiger partial charge in [0.1, 0.15) is 0 Å². The van der Waals surface area contributed by atoms with Crippen LogP contribution in [-0.2, 0) is 11.3 Å². The number of nitrogens with one attached hydrogen (secondary N) is 2. The van der Waals surface area contributed by atoms with Gasteiger partial charge in [0.05, 0.1) is 6.20 Å². The highest BCUT2D eigenvalue weighted by Crippen LogP contribution is 2.06. The Labute approximate surface area is 117 Å². The van der Waals surface area contributed by atoms with Crippen LogP contribution < -0.4 is 10.6 Å². The van der Waals surface area contributed by atoms with E-state index in [0.29, 0.717) is 19.6 Å². The number of carbonyl (C=O) groups is 2. The lowest BCUT2D eigenvalue weighted by Crippen LogP contribution is -2.39. The van der Waals surface area contributed by atoms with E-state index in [1.807, 2.05) is 6.92 Å². The van der Waals surface area contributed by atoms with Gasteiger partial charge in [0.25, 0.3) is 0 Å². The Morgan fingerprint density at radius 3 is 2.80 bits per heavy atom. The number of carboxylic acid groups (broad SMARTS) is 1. The number of nitrogens with zero attached hydrogens (tertiary/aromatic N) is 3. The second-order valence-corrected chi connectivity index (χ2v) is 4.53. The van der Waals surface area contributed by atoms with Crippen LogP contribution in [0.1, 0.15) is 26.2 Å². The quantitative estimate of drug-likeness (QED) is 0.571. The molecule has 1 aromatic rings. The highest BCUT2D eigenvalue weighted by atomic mass is 16.4. The molecule has 8 heteroatoms. The summed E-state index contributed by atoms with van der Waals surface area (Å²) in [5.74, 6) is -0.875. The lowest BCUT2D eigenvalue weighted by molar-refractivity contribution is -0.138. The Bertz CT molecular complexity index is 407. The molecular weight excluding hydrogens is 262 g/mol. The number of aromatic nitrogens is 3. The predicted octanol–water partition coefficient (Wildman–Crippen LogP) is 0.468. The third kappa shape index (κ3) is 6.72. The zero-order chi connectivity index (χ0) is 14.8. The molecule has 0 aromatic carbocycles. The number of carbonyl (C=O) groups excluding carboxylic acids is 1. The average molecular weight is 283 g/mol. The number of urea groups is 1. The van der Waals surface area contributed by atoms with Gasteiger partial charge in [0.2, 0.25) is 0 Å². The third-order valence-electron chi connectivity index (χ3n) is 2.91. The highest BCUT2D eigenvalue weighted by Gasteiger charge is 2.12.